The van der Waals surface area contributed by atoms with Gasteiger partial charge in [0.25, 0.3) is 0 Å². The number of hydrogen-bond acceptors (Lipinski definition) is 7. The molecule has 0 aliphatic heterocycles. The Morgan fingerprint density at radius 1 is 0.545 bits per heavy atom. The van der Waals surface area contributed by atoms with Crippen LogP contribution in [0.2, 0.25) is 0 Å². The molecule has 0 aliphatic carbocycles. The molecule has 0 spiro atoms. The summed E-state index contributed by atoms with van der Waals surface area (Å²) in [5, 5.41) is 0. The molecule has 5 nitrogen and oxygen atoms in total. The summed E-state index contributed by atoms with van der Waals surface area (Å²) in [6.45, 7) is 0. The summed E-state index contributed by atoms with van der Waals surface area (Å²) in [4.78, 5) is 35.4. The van der Waals surface area contributed by atoms with Crippen molar-refractivity contribution in [3.63, 3.8) is 0 Å². The van der Waals surface area contributed by atoms with E-state index in [1.54, 1.807) is 59.9 Å². The summed E-state index contributed by atoms with van der Waals surface area (Å²) in [6.07, 6.45) is 15.2. The summed E-state index contributed by atoms with van der Waals surface area (Å²) in [5.41, 5.74) is 3.72. The molecule has 0 aliphatic rings. The molecule has 2 atom stereocenters. The molecule has 0 fully saturated rings. The molecule has 0 aromatic carbocycles. The molecular formula is C37H26N4OS2. The number of pyridine rings is 4. The molecule has 0 saturated heterocycles. The van der Waals surface area contributed by atoms with Gasteiger partial charge in [0.05, 0.1) is 21.6 Å². The Hall–Kier alpha value is -5.21. The highest BCUT2D eigenvalue weighted by molar-refractivity contribution is 7.13. The zero-order valence-electron chi connectivity index (χ0n) is 23.6. The lowest BCUT2D eigenvalue weighted by atomic mass is 9.83. The van der Waals surface area contributed by atoms with Gasteiger partial charge in [-0.05, 0) is 84.6 Å². The van der Waals surface area contributed by atoms with E-state index < -0.39 is 0 Å². The topological polar surface area (TPSA) is 68.6 Å². The number of thiophene rings is 2. The Labute approximate surface area is 264 Å². The highest BCUT2D eigenvalue weighted by atomic mass is 32.1. The summed E-state index contributed by atoms with van der Waals surface area (Å²) in [5.74, 6) is 12.3. The molecule has 0 saturated carbocycles. The van der Waals surface area contributed by atoms with Crippen LogP contribution < -0.4 is 0 Å². The fourth-order valence-electron chi connectivity index (χ4n) is 4.79. The highest BCUT2D eigenvalue weighted by Crippen LogP contribution is 2.37. The van der Waals surface area contributed by atoms with E-state index in [1.807, 2.05) is 85.2 Å². The van der Waals surface area contributed by atoms with Crippen LogP contribution in [0.5, 0.6) is 0 Å². The number of aromatic nitrogens is 4. The van der Waals surface area contributed by atoms with Crippen molar-refractivity contribution in [1.82, 2.24) is 19.9 Å². The van der Waals surface area contributed by atoms with Crippen LogP contribution in [0.3, 0.4) is 0 Å². The standard InChI is InChI=1S/C37H26N4OS2/c42-37(33(21-29-7-3-19-40-25-29)35-15-13-31(43-35)11-9-27-5-1-17-38-23-27)34(22-30-8-4-20-41-26-30)36-16-14-32(44-36)12-10-28-6-2-18-39-24-28/h1-8,13-20,23-26,33-34H,21-22H2. The molecule has 6 aromatic heterocycles. The van der Waals surface area contributed by atoms with E-state index in [4.69, 9.17) is 0 Å². The first-order chi connectivity index (χ1) is 21.7. The normalized spacial score (nSPS) is 11.8. The lowest BCUT2D eigenvalue weighted by Gasteiger charge is -2.21. The van der Waals surface area contributed by atoms with E-state index in [9.17, 15) is 4.79 Å². The van der Waals surface area contributed by atoms with E-state index in [1.165, 1.54) is 0 Å². The van der Waals surface area contributed by atoms with Crippen LogP contribution in [0.4, 0.5) is 0 Å². The second-order valence-corrected chi connectivity index (χ2v) is 12.3. The van der Waals surface area contributed by atoms with Gasteiger partial charge >= 0.3 is 0 Å². The molecule has 212 valence electrons. The Morgan fingerprint density at radius 3 is 1.36 bits per heavy atom. The van der Waals surface area contributed by atoms with E-state index >= 15 is 0 Å². The third-order valence-electron chi connectivity index (χ3n) is 6.94. The molecule has 0 N–H and O–H groups in total. The monoisotopic (exact) mass is 606 g/mol. The van der Waals surface area contributed by atoms with Crippen LogP contribution in [0.25, 0.3) is 0 Å². The number of ketones is 1. The molecule has 6 rings (SSSR count). The molecule has 0 amide bonds. The van der Waals surface area contributed by atoms with Crippen LogP contribution in [0.1, 0.15) is 53.6 Å². The largest absolute Gasteiger partial charge is 0.298 e. The highest BCUT2D eigenvalue weighted by Gasteiger charge is 2.32. The van der Waals surface area contributed by atoms with Crippen molar-refractivity contribution in [3.8, 4) is 23.7 Å². The summed E-state index contributed by atoms with van der Waals surface area (Å²) in [6, 6.07) is 23.6. The van der Waals surface area contributed by atoms with Crippen LogP contribution in [-0.2, 0) is 17.6 Å². The number of rotatable bonds is 8. The van der Waals surface area contributed by atoms with Crippen LogP contribution in [-0.4, -0.2) is 25.7 Å². The smallest absolute Gasteiger partial charge is 0.150 e. The van der Waals surface area contributed by atoms with Gasteiger partial charge in [-0.2, -0.15) is 0 Å². The summed E-state index contributed by atoms with van der Waals surface area (Å²) in [7, 11) is 0. The number of Topliss-reactive ketones (excluding diaryl/α,β-unsaturated/α-hetero) is 1. The second kappa shape index (κ2) is 14.3. The third-order valence-corrected chi connectivity index (χ3v) is 9.16. The van der Waals surface area contributed by atoms with Crippen molar-refractivity contribution in [2.75, 3.05) is 0 Å². The average molecular weight is 607 g/mol. The minimum Gasteiger partial charge on any atom is -0.298 e. The Kier molecular flexibility index (Phi) is 9.39. The van der Waals surface area contributed by atoms with Gasteiger partial charge in [0.1, 0.15) is 5.78 Å². The predicted octanol–water partition coefficient (Wildman–Crippen LogP) is 7.11. The van der Waals surface area contributed by atoms with E-state index in [2.05, 4.69) is 43.6 Å². The Morgan fingerprint density at radius 2 is 0.977 bits per heavy atom. The van der Waals surface area contributed by atoms with Gasteiger partial charge in [0.15, 0.2) is 0 Å². The lowest BCUT2D eigenvalue weighted by molar-refractivity contribution is -0.121. The molecule has 7 heteroatoms. The molecule has 2 unspecified atom stereocenters. The third kappa shape index (κ3) is 7.59. The van der Waals surface area contributed by atoms with Crippen LogP contribution >= 0.6 is 22.7 Å². The first-order valence-electron chi connectivity index (χ1n) is 14.1. The Bertz CT molecular complexity index is 1810. The molecule has 44 heavy (non-hydrogen) atoms. The number of nitrogens with zero attached hydrogens (tertiary/aromatic N) is 4. The zero-order chi connectivity index (χ0) is 30.0. The predicted molar refractivity (Wildman–Crippen MR) is 175 cm³/mol. The van der Waals surface area contributed by atoms with E-state index in [0.29, 0.717) is 12.8 Å². The van der Waals surface area contributed by atoms with Gasteiger partial charge in [-0.3, -0.25) is 24.7 Å². The molecule has 0 bridgehead atoms. The van der Waals surface area contributed by atoms with Gasteiger partial charge in [-0.15, -0.1) is 22.7 Å². The molecule has 0 radical (unpaired) electrons. The minimum absolute atomic E-state index is 0.153. The first-order valence-corrected chi connectivity index (χ1v) is 15.7. The zero-order valence-corrected chi connectivity index (χ0v) is 25.3. The van der Waals surface area contributed by atoms with Crippen molar-refractivity contribution in [1.29, 1.82) is 0 Å². The average Bonchev–Trinajstić information content (AvgIpc) is 3.76. The van der Waals surface area contributed by atoms with Gasteiger partial charge in [-0.1, -0.05) is 35.8 Å². The number of hydrogen-bond donors (Lipinski definition) is 0. The second-order valence-electron chi connectivity index (χ2n) is 10.0. The van der Waals surface area contributed by atoms with Gasteiger partial charge < -0.3 is 0 Å². The minimum atomic E-state index is -0.369. The maximum atomic E-state index is 14.7. The van der Waals surface area contributed by atoms with Crippen molar-refractivity contribution in [2.45, 2.75) is 24.7 Å². The number of carbonyl (C=O) groups is 1. The van der Waals surface area contributed by atoms with Crippen molar-refractivity contribution in [3.05, 3.63) is 164 Å². The first kappa shape index (κ1) is 28.9. The van der Waals surface area contributed by atoms with Gasteiger partial charge in [0.2, 0.25) is 0 Å². The molecule has 6 aromatic rings. The fraction of sp³-hybridized carbons (Fsp3) is 0.108. The Balaban J connectivity index is 1.34. The molecule has 6 heterocycles. The quantitative estimate of drug-likeness (QED) is 0.173. The maximum Gasteiger partial charge on any atom is 0.150 e. The van der Waals surface area contributed by atoms with Crippen molar-refractivity contribution >= 4 is 28.5 Å². The van der Waals surface area contributed by atoms with E-state index in [-0.39, 0.29) is 17.6 Å². The number of carbonyl (C=O) groups excluding carboxylic acids is 1. The van der Waals surface area contributed by atoms with E-state index in [0.717, 1.165) is 41.8 Å². The van der Waals surface area contributed by atoms with Gasteiger partial charge in [0, 0.05) is 70.5 Å². The molecular weight excluding hydrogens is 581 g/mol. The lowest BCUT2D eigenvalue weighted by Crippen LogP contribution is -2.23. The van der Waals surface area contributed by atoms with Crippen molar-refractivity contribution < 1.29 is 4.79 Å². The summed E-state index contributed by atoms with van der Waals surface area (Å²) >= 11 is 3.13. The van der Waals surface area contributed by atoms with Crippen LogP contribution in [0.15, 0.2) is 122 Å². The summed E-state index contributed by atoms with van der Waals surface area (Å²) < 4.78 is 0. The fourth-order valence-corrected chi connectivity index (χ4v) is 6.73. The SMILES string of the molecule is O=C(C(Cc1cccnc1)c1ccc(C#Cc2cccnc2)s1)C(Cc1cccnc1)c1ccc(C#Cc2cccnc2)s1. The maximum absolute atomic E-state index is 14.7. The van der Waals surface area contributed by atoms with Crippen LogP contribution in [0, 0.1) is 23.7 Å². The van der Waals surface area contributed by atoms with Crippen molar-refractivity contribution in [2.24, 2.45) is 0 Å². The van der Waals surface area contributed by atoms with Gasteiger partial charge in [-0.25, -0.2) is 0 Å².